The summed E-state index contributed by atoms with van der Waals surface area (Å²) in [6, 6.07) is 0. The molecule has 0 aliphatic rings. The van der Waals surface area contributed by atoms with E-state index in [1.54, 1.807) is 0 Å². The smallest absolute Gasteiger partial charge is 0.0153 e. The van der Waals surface area contributed by atoms with Crippen LogP contribution in [0, 0.1) is 0 Å². The van der Waals surface area contributed by atoms with Crippen LogP contribution in [0.15, 0.2) is 12.3 Å². The Morgan fingerprint density at radius 1 is 1.62 bits per heavy atom. The lowest BCUT2D eigenvalue weighted by atomic mass is 10.4. The molecule has 0 aromatic carbocycles. The zero-order valence-electron chi connectivity index (χ0n) is 5.35. The summed E-state index contributed by atoms with van der Waals surface area (Å²) in [6.45, 7) is 3.74. The largest absolute Gasteiger partial charge is 0.391 e. The molecule has 48 valence electrons. The van der Waals surface area contributed by atoms with Gasteiger partial charge >= 0.3 is 0 Å². The Balaban J connectivity index is 2.72. The SMILES string of the molecule is CC=CNCCCN. The highest BCUT2D eigenvalue weighted by atomic mass is 14.8. The third kappa shape index (κ3) is 5.50. The lowest BCUT2D eigenvalue weighted by molar-refractivity contribution is 0.761. The second-order valence-electron chi connectivity index (χ2n) is 1.60. The van der Waals surface area contributed by atoms with Crippen molar-refractivity contribution in [2.45, 2.75) is 13.3 Å². The monoisotopic (exact) mass is 114 g/mol. The first kappa shape index (κ1) is 7.50. The fourth-order valence-corrected chi connectivity index (χ4v) is 0.405. The highest BCUT2D eigenvalue weighted by Crippen LogP contribution is 1.69. The molecule has 0 radical (unpaired) electrons. The maximum absolute atomic E-state index is 5.25. The van der Waals surface area contributed by atoms with Crippen LogP contribution in [-0.4, -0.2) is 13.1 Å². The summed E-state index contributed by atoms with van der Waals surface area (Å²) >= 11 is 0. The lowest BCUT2D eigenvalue weighted by Gasteiger charge is -1.94. The number of hydrogen-bond acceptors (Lipinski definition) is 2. The predicted octanol–water partition coefficient (Wildman–Crippen LogP) is 0.458. The van der Waals surface area contributed by atoms with Gasteiger partial charge in [-0.25, -0.2) is 0 Å². The van der Waals surface area contributed by atoms with Crippen LogP contribution >= 0.6 is 0 Å². The lowest BCUT2D eigenvalue weighted by Crippen LogP contribution is -2.11. The summed E-state index contributed by atoms with van der Waals surface area (Å²) < 4.78 is 0. The first-order valence-electron chi connectivity index (χ1n) is 2.96. The molecule has 0 rings (SSSR count). The van der Waals surface area contributed by atoms with E-state index in [4.69, 9.17) is 5.73 Å². The van der Waals surface area contributed by atoms with Gasteiger partial charge in [0.1, 0.15) is 0 Å². The Hall–Kier alpha value is -0.500. The first-order valence-corrected chi connectivity index (χ1v) is 2.96. The van der Waals surface area contributed by atoms with Crippen LogP contribution < -0.4 is 11.1 Å². The van der Waals surface area contributed by atoms with Crippen LogP contribution in [0.25, 0.3) is 0 Å². The second kappa shape index (κ2) is 6.50. The zero-order chi connectivity index (χ0) is 6.24. The average Bonchev–Trinajstić information content (AvgIpc) is 1.81. The van der Waals surface area contributed by atoms with Gasteiger partial charge in [-0.3, -0.25) is 0 Å². The molecule has 0 heterocycles. The molecule has 0 bridgehead atoms. The molecule has 2 nitrogen and oxygen atoms in total. The molecular formula is C6H14N2. The van der Waals surface area contributed by atoms with Crippen LogP contribution in [0.4, 0.5) is 0 Å². The zero-order valence-corrected chi connectivity index (χ0v) is 5.35. The fourth-order valence-electron chi connectivity index (χ4n) is 0.405. The van der Waals surface area contributed by atoms with Crippen molar-refractivity contribution in [3.63, 3.8) is 0 Å². The number of nitrogens with one attached hydrogen (secondary N) is 1. The summed E-state index contributed by atoms with van der Waals surface area (Å²) in [6.07, 6.45) is 4.94. The van der Waals surface area contributed by atoms with Crippen molar-refractivity contribution in [3.05, 3.63) is 12.3 Å². The molecule has 0 atom stereocenters. The molecule has 0 aromatic rings. The Morgan fingerprint density at radius 3 is 2.88 bits per heavy atom. The topological polar surface area (TPSA) is 38.0 Å². The summed E-state index contributed by atoms with van der Waals surface area (Å²) in [7, 11) is 0. The molecule has 0 unspecified atom stereocenters. The van der Waals surface area contributed by atoms with E-state index in [1.165, 1.54) is 0 Å². The number of rotatable bonds is 4. The standard InChI is InChI=1S/C6H14N2/c1-2-5-8-6-3-4-7/h2,5,8H,3-4,6-7H2,1H3. The predicted molar refractivity (Wildman–Crippen MR) is 36.5 cm³/mol. The van der Waals surface area contributed by atoms with E-state index in [0.29, 0.717) is 0 Å². The Bertz CT molecular complexity index is 59.5. The van der Waals surface area contributed by atoms with E-state index in [2.05, 4.69) is 5.32 Å². The number of nitrogens with two attached hydrogens (primary N) is 1. The minimum atomic E-state index is 0.768. The minimum absolute atomic E-state index is 0.768. The van der Waals surface area contributed by atoms with Gasteiger partial charge in [0.25, 0.3) is 0 Å². The van der Waals surface area contributed by atoms with Gasteiger partial charge in [-0.05, 0) is 26.1 Å². The highest BCUT2D eigenvalue weighted by molar-refractivity contribution is 4.73. The van der Waals surface area contributed by atoms with Crippen molar-refractivity contribution in [3.8, 4) is 0 Å². The molecule has 0 amide bonds. The van der Waals surface area contributed by atoms with Gasteiger partial charge in [-0.15, -0.1) is 0 Å². The molecule has 0 aliphatic carbocycles. The summed E-state index contributed by atoms with van der Waals surface area (Å²) in [5.41, 5.74) is 5.25. The average molecular weight is 114 g/mol. The molecule has 0 saturated carbocycles. The van der Waals surface area contributed by atoms with Gasteiger partial charge in [0.05, 0.1) is 0 Å². The van der Waals surface area contributed by atoms with Crippen molar-refractivity contribution in [2.24, 2.45) is 5.73 Å². The number of hydrogen-bond donors (Lipinski definition) is 2. The highest BCUT2D eigenvalue weighted by Gasteiger charge is 1.75. The minimum Gasteiger partial charge on any atom is -0.391 e. The molecule has 2 heteroatoms. The molecule has 0 fully saturated rings. The summed E-state index contributed by atoms with van der Waals surface area (Å²) in [4.78, 5) is 0. The van der Waals surface area contributed by atoms with Crippen LogP contribution in [0.3, 0.4) is 0 Å². The molecule has 0 aliphatic heterocycles. The second-order valence-corrected chi connectivity index (χ2v) is 1.60. The van der Waals surface area contributed by atoms with Gasteiger partial charge in [-0.1, -0.05) is 6.08 Å². The molecule has 0 aromatic heterocycles. The molecule has 0 spiro atoms. The van der Waals surface area contributed by atoms with Crippen LogP contribution in [0.2, 0.25) is 0 Å². The van der Waals surface area contributed by atoms with Crippen LogP contribution in [-0.2, 0) is 0 Å². The van der Waals surface area contributed by atoms with Gasteiger partial charge in [0.2, 0.25) is 0 Å². The Labute approximate surface area is 50.8 Å². The van der Waals surface area contributed by atoms with Crippen molar-refractivity contribution in [1.29, 1.82) is 0 Å². The van der Waals surface area contributed by atoms with Gasteiger partial charge in [-0.2, -0.15) is 0 Å². The van der Waals surface area contributed by atoms with Crippen molar-refractivity contribution in [2.75, 3.05) is 13.1 Å². The fraction of sp³-hybridized carbons (Fsp3) is 0.667. The van der Waals surface area contributed by atoms with Gasteiger partial charge in [0.15, 0.2) is 0 Å². The van der Waals surface area contributed by atoms with E-state index in [1.807, 2.05) is 19.2 Å². The molecule has 0 saturated heterocycles. The Morgan fingerprint density at radius 2 is 2.38 bits per heavy atom. The Kier molecular flexibility index (Phi) is 6.09. The molecular weight excluding hydrogens is 100 g/mol. The third-order valence-electron chi connectivity index (χ3n) is 0.810. The van der Waals surface area contributed by atoms with Crippen molar-refractivity contribution in [1.82, 2.24) is 5.32 Å². The van der Waals surface area contributed by atoms with Crippen LogP contribution in [0.1, 0.15) is 13.3 Å². The van der Waals surface area contributed by atoms with E-state index in [9.17, 15) is 0 Å². The van der Waals surface area contributed by atoms with E-state index in [0.717, 1.165) is 19.5 Å². The van der Waals surface area contributed by atoms with Crippen LogP contribution in [0.5, 0.6) is 0 Å². The van der Waals surface area contributed by atoms with Crippen molar-refractivity contribution < 1.29 is 0 Å². The maximum atomic E-state index is 5.25. The maximum Gasteiger partial charge on any atom is 0.0153 e. The third-order valence-corrected chi connectivity index (χ3v) is 0.810. The van der Waals surface area contributed by atoms with Crippen molar-refractivity contribution >= 4 is 0 Å². The van der Waals surface area contributed by atoms with E-state index in [-0.39, 0.29) is 0 Å². The summed E-state index contributed by atoms with van der Waals surface area (Å²) in [5, 5.41) is 3.08. The normalized spacial score (nSPS) is 10.2. The van der Waals surface area contributed by atoms with E-state index < -0.39 is 0 Å². The quantitative estimate of drug-likeness (QED) is 0.521. The first-order chi connectivity index (χ1) is 3.91. The number of allylic oxidation sites excluding steroid dienone is 1. The van der Waals surface area contributed by atoms with Gasteiger partial charge < -0.3 is 11.1 Å². The van der Waals surface area contributed by atoms with Gasteiger partial charge in [0, 0.05) is 6.54 Å². The van der Waals surface area contributed by atoms with E-state index >= 15 is 0 Å². The molecule has 8 heavy (non-hydrogen) atoms. The summed E-state index contributed by atoms with van der Waals surface area (Å²) in [5.74, 6) is 0. The molecule has 3 N–H and O–H groups in total.